The molecule has 3 aliphatic rings. The molecule has 3 fully saturated rings. The van der Waals surface area contributed by atoms with Crippen LogP contribution in [0.5, 0.6) is 11.5 Å². The van der Waals surface area contributed by atoms with Gasteiger partial charge in [-0.25, -0.2) is 0 Å². The largest absolute Gasteiger partial charge is 0.493 e. The summed E-state index contributed by atoms with van der Waals surface area (Å²) in [4.78, 5) is 62.1. The lowest BCUT2D eigenvalue weighted by atomic mass is 9.70. The number of hydrogen-bond donors (Lipinski definition) is 0. The number of thioether (sulfide) groups is 1. The van der Waals surface area contributed by atoms with Crippen molar-refractivity contribution < 1.29 is 42.9 Å². The highest BCUT2D eigenvalue weighted by Gasteiger charge is 2.61. The number of carbonyl (C=O) groups excluding carboxylic acids is 4. The molecule has 9 atom stereocenters. The second-order valence-corrected chi connectivity index (χ2v) is 18.0. The number of methoxy groups -OCH3 is 2. The summed E-state index contributed by atoms with van der Waals surface area (Å²) >= 11 is 1.37. The fourth-order valence-corrected chi connectivity index (χ4v) is 10.8. The molecule has 12 heteroatoms. The van der Waals surface area contributed by atoms with Crippen molar-refractivity contribution in [1.82, 2.24) is 4.98 Å². The van der Waals surface area contributed by atoms with Crippen LogP contribution in [0.15, 0.2) is 42.7 Å². The monoisotopic (exact) mass is 794 g/mol. The zero-order valence-corrected chi connectivity index (χ0v) is 35.5. The number of ether oxygens (including phenoxy) is 5. The molecular formula is C44H62N2O9S. The number of carbonyl (C=O) groups is 4. The summed E-state index contributed by atoms with van der Waals surface area (Å²) in [6.45, 7) is 13.8. The van der Waals surface area contributed by atoms with Gasteiger partial charge in [0.05, 0.1) is 24.7 Å². The van der Waals surface area contributed by atoms with E-state index in [1.54, 1.807) is 43.6 Å². The van der Waals surface area contributed by atoms with Crippen molar-refractivity contribution >= 4 is 41.1 Å². The third-order valence-electron chi connectivity index (χ3n) is 12.3. The van der Waals surface area contributed by atoms with E-state index in [9.17, 15) is 19.2 Å². The van der Waals surface area contributed by atoms with Crippen LogP contribution in [0.1, 0.15) is 110 Å². The molecule has 1 amide bonds. The van der Waals surface area contributed by atoms with E-state index in [0.29, 0.717) is 54.2 Å². The molecule has 1 aromatic carbocycles. The molecule has 1 saturated carbocycles. The molecule has 0 unspecified atom stereocenters. The van der Waals surface area contributed by atoms with E-state index in [-0.39, 0.29) is 48.1 Å². The van der Waals surface area contributed by atoms with Crippen LogP contribution >= 0.6 is 11.8 Å². The van der Waals surface area contributed by atoms with Crippen molar-refractivity contribution in [3.63, 3.8) is 0 Å². The van der Waals surface area contributed by atoms with E-state index in [1.807, 2.05) is 59.7 Å². The lowest BCUT2D eigenvalue weighted by Gasteiger charge is -2.41. The van der Waals surface area contributed by atoms with Gasteiger partial charge in [-0.15, -0.1) is 11.8 Å². The highest BCUT2D eigenvalue weighted by molar-refractivity contribution is 8.00. The number of benzene rings is 1. The zero-order valence-electron chi connectivity index (χ0n) is 34.7. The Morgan fingerprint density at radius 3 is 2.29 bits per heavy atom. The summed E-state index contributed by atoms with van der Waals surface area (Å²) in [7, 11) is 3.27. The first-order valence-corrected chi connectivity index (χ1v) is 21.4. The Hall–Kier alpha value is -3.64. The van der Waals surface area contributed by atoms with E-state index in [2.05, 4.69) is 11.9 Å². The fraction of sp³-hybridized carbons (Fsp3) is 0.659. The van der Waals surface area contributed by atoms with Gasteiger partial charge in [0.2, 0.25) is 0 Å². The van der Waals surface area contributed by atoms with Gasteiger partial charge in [0, 0.05) is 66.9 Å². The fourth-order valence-electron chi connectivity index (χ4n) is 9.39. The summed E-state index contributed by atoms with van der Waals surface area (Å²) in [5, 5.41) is -0.756. The zero-order chi connectivity index (χ0) is 40.8. The van der Waals surface area contributed by atoms with Crippen molar-refractivity contribution in [3.8, 4) is 11.5 Å². The first kappa shape index (κ1) is 43.5. The normalized spacial score (nSPS) is 31.9. The first-order valence-electron chi connectivity index (χ1n) is 20.3. The van der Waals surface area contributed by atoms with Crippen molar-refractivity contribution in [1.29, 1.82) is 0 Å². The molecule has 1 aromatic heterocycles. The molecule has 11 nitrogen and oxygen atoms in total. The van der Waals surface area contributed by atoms with E-state index in [4.69, 9.17) is 23.7 Å². The third-order valence-corrected chi connectivity index (χ3v) is 13.6. The van der Waals surface area contributed by atoms with Crippen LogP contribution in [0, 0.1) is 29.6 Å². The Morgan fingerprint density at radius 1 is 0.946 bits per heavy atom. The second-order valence-electron chi connectivity index (χ2n) is 16.7. The number of ketones is 1. The quantitative estimate of drug-likeness (QED) is 0.205. The Bertz CT molecular complexity index is 1690. The maximum atomic E-state index is 14.5. The average Bonchev–Trinajstić information content (AvgIpc) is 3.79. The van der Waals surface area contributed by atoms with Crippen LogP contribution in [-0.4, -0.2) is 83.8 Å². The van der Waals surface area contributed by atoms with Gasteiger partial charge < -0.3 is 28.6 Å². The highest BCUT2D eigenvalue weighted by Crippen LogP contribution is 2.49. The van der Waals surface area contributed by atoms with Gasteiger partial charge >= 0.3 is 11.9 Å². The number of anilines is 1. The van der Waals surface area contributed by atoms with Gasteiger partial charge in [-0.1, -0.05) is 34.6 Å². The van der Waals surface area contributed by atoms with E-state index >= 15 is 0 Å². The van der Waals surface area contributed by atoms with Gasteiger partial charge in [0.25, 0.3) is 5.91 Å². The Kier molecular flexibility index (Phi) is 14.6. The van der Waals surface area contributed by atoms with Crippen molar-refractivity contribution in [2.45, 2.75) is 128 Å². The van der Waals surface area contributed by atoms with E-state index in [0.717, 1.165) is 25.7 Å². The minimum atomic E-state index is -1.26. The number of rotatable bonds is 11. The molecule has 0 radical (unpaired) electrons. The predicted molar refractivity (Wildman–Crippen MR) is 217 cm³/mol. The summed E-state index contributed by atoms with van der Waals surface area (Å²) in [6.07, 6.45) is 8.81. The molecule has 2 saturated heterocycles. The molecule has 0 N–H and O–H groups in total. The van der Waals surface area contributed by atoms with Crippen LogP contribution in [0.3, 0.4) is 0 Å². The Labute approximate surface area is 337 Å². The minimum Gasteiger partial charge on any atom is -0.493 e. The third kappa shape index (κ3) is 9.72. The number of cyclic esters (lactones) is 1. The van der Waals surface area contributed by atoms with Crippen molar-refractivity contribution in [2.75, 3.05) is 31.4 Å². The SMILES string of the molecule is CC[C@H]1OC(=O)[C@H](C)C[C@H](C)C[C@](C)(OC)C[C@@H](C)C(=O)[C@H](C)[C@H]2[C@H](SCCN(C(=O)c3ccncc3)c3ccc(OC)c(OC4CCCC4)c3)C(=O)O[C@@]21C. The first-order chi connectivity index (χ1) is 26.6. The van der Waals surface area contributed by atoms with Gasteiger partial charge in [-0.2, -0.15) is 0 Å². The van der Waals surface area contributed by atoms with Gasteiger partial charge in [0.15, 0.2) is 17.1 Å². The molecule has 1 aliphatic carbocycles. The molecule has 0 spiro atoms. The second kappa shape index (κ2) is 18.7. The molecule has 308 valence electrons. The standard InChI is InChI=1S/C44H62N2O9S/c1-10-36-44(7)37(30(5)38(47)29(4)26-43(6,52-9)25-27(2)23-28(3)41(49)54-36)39(42(50)55-44)56-22-21-46(40(48)31-17-19-45-20-18-31)32-15-16-34(51-8)35(24-32)53-33-13-11-12-14-33/h15-20,24,27-30,33,36-37,39H,10-14,21-23,25-26H2,1-9H3/t27-,28+,29+,30+,36+,37-,39-,43-,44+/m0/s1. The average molecular weight is 795 g/mol. The molecule has 0 bridgehead atoms. The highest BCUT2D eigenvalue weighted by atomic mass is 32.2. The van der Waals surface area contributed by atoms with E-state index < -0.39 is 40.4 Å². The number of fused-ring (bicyclic) bond motifs is 1. The number of nitrogens with zero attached hydrogens (tertiary/aromatic N) is 2. The van der Waals surface area contributed by atoms with Crippen molar-refractivity contribution in [2.24, 2.45) is 29.6 Å². The van der Waals surface area contributed by atoms with Crippen LogP contribution in [0.4, 0.5) is 5.69 Å². The number of aromatic nitrogens is 1. The summed E-state index contributed by atoms with van der Waals surface area (Å²) in [5.41, 5.74) is -0.756. The molecular weight excluding hydrogens is 733 g/mol. The van der Waals surface area contributed by atoms with Gasteiger partial charge in [0.1, 0.15) is 17.1 Å². The van der Waals surface area contributed by atoms with Crippen LogP contribution < -0.4 is 14.4 Å². The Balaban J connectivity index is 1.46. The smallest absolute Gasteiger partial charge is 0.320 e. The van der Waals surface area contributed by atoms with Crippen LogP contribution in [-0.2, 0) is 28.6 Å². The van der Waals surface area contributed by atoms with Crippen LogP contribution in [0.2, 0.25) is 0 Å². The number of esters is 2. The summed E-state index contributed by atoms with van der Waals surface area (Å²) in [6, 6.07) is 8.84. The molecule has 56 heavy (non-hydrogen) atoms. The molecule has 3 heterocycles. The van der Waals surface area contributed by atoms with E-state index in [1.165, 1.54) is 11.8 Å². The van der Waals surface area contributed by atoms with Crippen molar-refractivity contribution in [3.05, 3.63) is 48.3 Å². The number of Topliss-reactive ketones (excluding diaryl/α,β-unsaturated/α-hetero) is 1. The lowest BCUT2D eigenvalue weighted by Crippen LogP contribution is -2.52. The molecule has 2 aliphatic heterocycles. The summed E-state index contributed by atoms with van der Waals surface area (Å²) < 4.78 is 30.6. The molecule has 5 rings (SSSR count). The van der Waals surface area contributed by atoms with Gasteiger partial charge in [-0.05, 0) is 95.4 Å². The lowest BCUT2D eigenvalue weighted by molar-refractivity contribution is -0.183. The Morgan fingerprint density at radius 2 is 1.64 bits per heavy atom. The van der Waals surface area contributed by atoms with Crippen LogP contribution in [0.25, 0.3) is 0 Å². The number of amides is 1. The minimum absolute atomic E-state index is 0.00942. The predicted octanol–water partition coefficient (Wildman–Crippen LogP) is 8.12. The number of pyridine rings is 1. The number of hydrogen-bond acceptors (Lipinski definition) is 11. The van der Waals surface area contributed by atoms with Gasteiger partial charge in [-0.3, -0.25) is 24.2 Å². The summed E-state index contributed by atoms with van der Waals surface area (Å²) in [5.74, 6) is -1.35. The maximum Gasteiger partial charge on any atom is 0.320 e. The maximum absolute atomic E-state index is 14.5. The topological polar surface area (TPSA) is 131 Å². The molecule has 2 aromatic rings.